The number of carbonyl (C=O) groups excluding carboxylic acids is 1. The fourth-order valence-electron chi connectivity index (χ4n) is 2.68. The van der Waals surface area contributed by atoms with Crippen molar-refractivity contribution in [3.8, 4) is 0 Å². The minimum atomic E-state index is -0.357. The molecule has 17 heavy (non-hydrogen) atoms. The second kappa shape index (κ2) is 5.85. The third-order valence-corrected chi connectivity index (χ3v) is 2.98. The fraction of sp³-hybridized carbons (Fsp3) is 0.929. The number of hydrogen-bond acceptors (Lipinski definition) is 2. The maximum Gasteiger partial charge on any atom is 0.224 e. The van der Waals surface area contributed by atoms with Crippen LogP contribution in [0.1, 0.15) is 61.3 Å². The van der Waals surface area contributed by atoms with E-state index in [4.69, 9.17) is 5.73 Å². The molecule has 1 saturated heterocycles. The van der Waals surface area contributed by atoms with E-state index < -0.39 is 0 Å². The summed E-state index contributed by atoms with van der Waals surface area (Å²) in [5, 5.41) is 0. The van der Waals surface area contributed by atoms with Gasteiger partial charge in [0.2, 0.25) is 5.91 Å². The third-order valence-electron chi connectivity index (χ3n) is 2.98. The highest BCUT2D eigenvalue weighted by molar-refractivity contribution is 5.78. The molecule has 1 atom stereocenters. The predicted octanol–water partition coefficient (Wildman–Crippen LogP) is 2.79. The van der Waals surface area contributed by atoms with Gasteiger partial charge in [0.05, 0.1) is 0 Å². The van der Waals surface area contributed by atoms with E-state index in [9.17, 15) is 4.79 Å². The first kappa shape index (κ1) is 16.4. The molecule has 1 amide bonds. The van der Waals surface area contributed by atoms with Crippen molar-refractivity contribution >= 4 is 5.91 Å². The van der Waals surface area contributed by atoms with Crippen LogP contribution >= 0.6 is 0 Å². The van der Waals surface area contributed by atoms with Crippen LogP contribution in [0.15, 0.2) is 0 Å². The van der Waals surface area contributed by atoms with Gasteiger partial charge in [-0.25, -0.2) is 0 Å². The Kier molecular flexibility index (Phi) is 5.66. The van der Waals surface area contributed by atoms with Crippen molar-refractivity contribution in [3.63, 3.8) is 0 Å². The summed E-state index contributed by atoms with van der Waals surface area (Å²) in [6.45, 7) is 15.3. The number of amides is 1. The van der Waals surface area contributed by atoms with Gasteiger partial charge in [-0.05, 0) is 32.6 Å². The van der Waals surface area contributed by atoms with E-state index in [2.05, 4.69) is 27.7 Å². The Labute approximate surface area is 107 Å². The van der Waals surface area contributed by atoms with Crippen LogP contribution in [0.25, 0.3) is 0 Å². The standard InChI is InChI=1S/C12H24N2O.C2H6/c1-9(2)14-8-11(3,4)7-12(5,13)6-10(14)15;1-2/h9H,6-8,13H2,1-5H3;1-2H3. The highest BCUT2D eigenvalue weighted by atomic mass is 16.2. The van der Waals surface area contributed by atoms with Crippen molar-refractivity contribution in [2.75, 3.05) is 6.54 Å². The van der Waals surface area contributed by atoms with Crippen LogP contribution in [0, 0.1) is 5.41 Å². The molecular formula is C14H30N2O. The van der Waals surface area contributed by atoms with Crippen molar-refractivity contribution in [1.29, 1.82) is 0 Å². The van der Waals surface area contributed by atoms with Gasteiger partial charge >= 0.3 is 0 Å². The third kappa shape index (κ3) is 5.07. The molecule has 0 aromatic rings. The number of nitrogens with two attached hydrogens (primary N) is 1. The first-order chi connectivity index (χ1) is 7.63. The molecule has 1 aliphatic heterocycles. The number of hydrogen-bond donors (Lipinski definition) is 1. The average Bonchev–Trinajstić information content (AvgIpc) is 2.21. The van der Waals surface area contributed by atoms with E-state index >= 15 is 0 Å². The van der Waals surface area contributed by atoms with Crippen molar-refractivity contribution < 1.29 is 4.79 Å². The molecule has 3 nitrogen and oxygen atoms in total. The molecule has 0 saturated carbocycles. The van der Waals surface area contributed by atoms with Crippen LogP contribution < -0.4 is 5.73 Å². The van der Waals surface area contributed by atoms with Crippen LogP contribution in [0.5, 0.6) is 0 Å². The Bertz CT molecular complexity index is 257. The summed E-state index contributed by atoms with van der Waals surface area (Å²) >= 11 is 0. The first-order valence-corrected chi connectivity index (χ1v) is 6.71. The molecule has 1 fully saturated rings. The van der Waals surface area contributed by atoms with E-state index in [1.54, 1.807) is 0 Å². The van der Waals surface area contributed by atoms with E-state index in [-0.39, 0.29) is 22.9 Å². The van der Waals surface area contributed by atoms with Crippen molar-refractivity contribution in [2.24, 2.45) is 11.1 Å². The second-order valence-electron chi connectivity index (χ2n) is 6.29. The van der Waals surface area contributed by atoms with Crippen LogP contribution in [0.2, 0.25) is 0 Å². The largest absolute Gasteiger partial charge is 0.340 e. The second-order valence-corrected chi connectivity index (χ2v) is 6.29. The number of rotatable bonds is 1. The molecule has 3 heteroatoms. The normalized spacial score (nSPS) is 28.5. The molecule has 1 rings (SSSR count). The quantitative estimate of drug-likeness (QED) is 0.768. The Morgan fingerprint density at radius 3 is 2.12 bits per heavy atom. The Morgan fingerprint density at radius 1 is 1.24 bits per heavy atom. The van der Waals surface area contributed by atoms with Crippen molar-refractivity contribution in [1.82, 2.24) is 4.90 Å². The molecule has 0 aliphatic carbocycles. The summed E-state index contributed by atoms with van der Waals surface area (Å²) in [6.07, 6.45) is 1.36. The molecule has 0 radical (unpaired) electrons. The molecule has 0 spiro atoms. The average molecular weight is 242 g/mol. The topological polar surface area (TPSA) is 46.3 Å². The van der Waals surface area contributed by atoms with E-state index in [1.807, 2.05) is 25.7 Å². The Hall–Kier alpha value is -0.570. The monoisotopic (exact) mass is 242 g/mol. The fourth-order valence-corrected chi connectivity index (χ4v) is 2.68. The van der Waals surface area contributed by atoms with E-state index in [1.165, 1.54) is 0 Å². The SMILES string of the molecule is CC.CC(C)N1CC(C)(C)CC(C)(N)CC1=O. The van der Waals surface area contributed by atoms with Gasteiger partial charge in [0.25, 0.3) is 0 Å². The summed E-state index contributed by atoms with van der Waals surface area (Å²) in [5.41, 5.74) is 5.91. The summed E-state index contributed by atoms with van der Waals surface area (Å²) in [5.74, 6) is 0.195. The van der Waals surface area contributed by atoms with Gasteiger partial charge in [-0.1, -0.05) is 27.7 Å². The summed E-state index contributed by atoms with van der Waals surface area (Å²) in [7, 11) is 0. The van der Waals surface area contributed by atoms with E-state index in [0.717, 1.165) is 13.0 Å². The van der Waals surface area contributed by atoms with Gasteiger partial charge in [-0.2, -0.15) is 0 Å². The summed E-state index contributed by atoms with van der Waals surface area (Å²) in [6, 6.07) is 0.269. The minimum Gasteiger partial charge on any atom is -0.340 e. The smallest absolute Gasteiger partial charge is 0.224 e. The molecule has 0 bridgehead atoms. The predicted molar refractivity (Wildman–Crippen MR) is 73.8 cm³/mol. The van der Waals surface area contributed by atoms with Crippen molar-refractivity contribution in [2.45, 2.75) is 72.9 Å². The lowest BCUT2D eigenvalue weighted by molar-refractivity contribution is -0.133. The summed E-state index contributed by atoms with van der Waals surface area (Å²) < 4.78 is 0. The van der Waals surface area contributed by atoms with Gasteiger partial charge in [0, 0.05) is 24.5 Å². The highest BCUT2D eigenvalue weighted by Gasteiger charge is 2.39. The lowest BCUT2D eigenvalue weighted by Gasteiger charge is -2.33. The molecular weight excluding hydrogens is 212 g/mol. The zero-order chi connectivity index (χ0) is 13.9. The molecule has 1 unspecified atom stereocenters. The van der Waals surface area contributed by atoms with Gasteiger partial charge in [-0.3, -0.25) is 4.79 Å². The molecule has 2 N–H and O–H groups in total. The highest BCUT2D eigenvalue weighted by Crippen LogP contribution is 2.34. The zero-order valence-corrected chi connectivity index (χ0v) is 12.6. The number of likely N-dealkylation sites (tertiary alicyclic amines) is 1. The molecule has 0 aromatic heterocycles. The van der Waals surface area contributed by atoms with Gasteiger partial charge in [-0.15, -0.1) is 0 Å². The lowest BCUT2D eigenvalue weighted by atomic mass is 9.79. The Morgan fingerprint density at radius 2 is 1.71 bits per heavy atom. The van der Waals surface area contributed by atoms with Gasteiger partial charge < -0.3 is 10.6 Å². The van der Waals surface area contributed by atoms with Crippen LogP contribution in [-0.4, -0.2) is 28.9 Å². The van der Waals surface area contributed by atoms with Crippen LogP contribution in [0.4, 0.5) is 0 Å². The maximum absolute atomic E-state index is 12.0. The number of carbonyl (C=O) groups is 1. The first-order valence-electron chi connectivity index (χ1n) is 6.71. The molecule has 1 heterocycles. The van der Waals surface area contributed by atoms with Crippen LogP contribution in [0.3, 0.4) is 0 Å². The summed E-state index contributed by atoms with van der Waals surface area (Å²) in [4.78, 5) is 14.0. The lowest BCUT2D eigenvalue weighted by Crippen LogP contribution is -2.42. The van der Waals surface area contributed by atoms with Gasteiger partial charge in [0.15, 0.2) is 0 Å². The van der Waals surface area contributed by atoms with Crippen LogP contribution in [-0.2, 0) is 4.79 Å². The molecule has 1 aliphatic rings. The molecule has 0 aromatic carbocycles. The maximum atomic E-state index is 12.0. The number of nitrogens with zero attached hydrogens (tertiary/aromatic N) is 1. The molecule has 102 valence electrons. The van der Waals surface area contributed by atoms with Gasteiger partial charge in [0.1, 0.15) is 0 Å². The zero-order valence-electron chi connectivity index (χ0n) is 12.6. The minimum absolute atomic E-state index is 0.111. The van der Waals surface area contributed by atoms with Crippen molar-refractivity contribution in [3.05, 3.63) is 0 Å². The Balaban J connectivity index is 0.00000121. The van der Waals surface area contributed by atoms with E-state index in [0.29, 0.717) is 6.42 Å².